The fourth-order valence-corrected chi connectivity index (χ4v) is 2.91. The van der Waals surface area contributed by atoms with E-state index < -0.39 is 5.82 Å². The van der Waals surface area contributed by atoms with Gasteiger partial charge >= 0.3 is 0 Å². The van der Waals surface area contributed by atoms with Crippen molar-refractivity contribution in [3.05, 3.63) is 46.3 Å². The molecule has 0 atom stereocenters. The lowest BCUT2D eigenvalue weighted by Crippen LogP contribution is -2.05. The van der Waals surface area contributed by atoms with Gasteiger partial charge in [0.25, 0.3) is 0 Å². The second-order valence-corrected chi connectivity index (χ2v) is 5.52. The lowest BCUT2D eigenvalue weighted by atomic mass is 10.3. The molecule has 0 radical (unpaired) electrons. The Morgan fingerprint density at radius 2 is 2.19 bits per heavy atom. The van der Waals surface area contributed by atoms with Gasteiger partial charge in [-0.3, -0.25) is 0 Å². The zero-order valence-corrected chi connectivity index (χ0v) is 12.6. The van der Waals surface area contributed by atoms with Crippen LogP contribution in [0, 0.1) is 5.82 Å². The first-order chi connectivity index (χ1) is 10.2. The first kappa shape index (κ1) is 14.0. The summed E-state index contributed by atoms with van der Waals surface area (Å²) in [6.45, 7) is 0.0448. The Balaban J connectivity index is 1.88. The number of halogens is 2. The van der Waals surface area contributed by atoms with Crippen LogP contribution in [0.5, 0.6) is 5.75 Å². The molecule has 0 aliphatic heterocycles. The Kier molecular flexibility index (Phi) is 3.90. The van der Waals surface area contributed by atoms with Crippen molar-refractivity contribution in [3.63, 3.8) is 0 Å². The van der Waals surface area contributed by atoms with Gasteiger partial charge in [-0.2, -0.15) is 0 Å². The van der Waals surface area contributed by atoms with E-state index in [4.69, 9.17) is 16.3 Å². The third-order valence-electron chi connectivity index (χ3n) is 2.87. The molecular weight excluding hydrogens is 313 g/mol. The van der Waals surface area contributed by atoms with Gasteiger partial charge in [-0.25, -0.2) is 14.4 Å². The summed E-state index contributed by atoms with van der Waals surface area (Å²) in [5.41, 5.74) is 0. The quantitative estimate of drug-likeness (QED) is 0.785. The average molecular weight is 324 g/mol. The number of ether oxygens (including phenoxy) is 1. The van der Waals surface area contributed by atoms with Gasteiger partial charge in [0.15, 0.2) is 17.4 Å². The summed E-state index contributed by atoms with van der Waals surface area (Å²) >= 11 is 7.43. The van der Waals surface area contributed by atoms with Crippen LogP contribution >= 0.6 is 22.9 Å². The van der Waals surface area contributed by atoms with Crippen molar-refractivity contribution >= 4 is 39.0 Å². The third-order valence-corrected chi connectivity index (χ3v) is 3.98. The highest BCUT2D eigenvalue weighted by Gasteiger charge is 2.11. The van der Waals surface area contributed by atoms with Crippen LogP contribution < -0.4 is 10.1 Å². The van der Waals surface area contributed by atoms with Crippen LogP contribution in [0.1, 0.15) is 5.82 Å². The molecular formula is C14H11ClFN3OS. The minimum Gasteiger partial charge on any atom is -0.481 e. The van der Waals surface area contributed by atoms with Crippen molar-refractivity contribution in [2.24, 2.45) is 0 Å². The maximum Gasteiger partial charge on any atom is 0.174 e. The summed E-state index contributed by atoms with van der Waals surface area (Å²) in [7, 11) is 1.79. The van der Waals surface area contributed by atoms with Crippen LogP contribution in [-0.4, -0.2) is 17.0 Å². The average Bonchev–Trinajstić information content (AvgIpc) is 2.94. The van der Waals surface area contributed by atoms with E-state index in [1.54, 1.807) is 13.1 Å². The number of hydrogen-bond acceptors (Lipinski definition) is 5. The van der Waals surface area contributed by atoms with Crippen molar-refractivity contribution < 1.29 is 9.13 Å². The molecule has 0 saturated carbocycles. The molecule has 1 aromatic carbocycles. The monoisotopic (exact) mass is 323 g/mol. The number of anilines is 1. The normalized spacial score (nSPS) is 10.8. The Labute approximate surface area is 129 Å². The van der Waals surface area contributed by atoms with Crippen LogP contribution in [0.4, 0.5) is 10.2 Å². The minimum atomic E-state index is -0.506. The van der Waals surface area contributed by atoms with Crippen LogP contribution in [0.3, 0.4) is 0 Å². The Bertz CT molecular complexity index is 773. The molecule has 2 heterocycles. The van der Waals surface area contributed by atoms with Gasteiger partial charge in [0.05, 0.1) is 10.4 Å². The second kappa shape index (κ2) is 5.83. The molecule has 0 spiro atoms. The number of thiophene rings is 1. The van der Waals surface area contributed by atoms with Gasteiger partial charge in [-0.15, -0.1) is 11.3 Å². The maximum atomic E-state index is 13.6. The zero-order valence-electron chi connectivity index (χ0n) is 11.1. The molecule has 3 rings (SSSR count). The number of aromatic nitrogens is 2. The van der Waals surface area contributed by atoms with E-state index in [0.29, 0.717) is 5.82 Å². The van der Waals surface area contributed by atoms with Crippen molar-refractivity contribution in [1.82, 2.24) is 9.97 Å². The van der Waals surface area contributed by atoms with Crippen LogP contribution in [0.15, 0.2) is 29.6 Å². The van der Waals surface area contributed by atoms with Gasteiger partial charge < -0.3 is 10.1 Å². The topological polar surface area (TPSA) is 47.0 Å². The molecule has 108 valence electrons. The number of nitrogens with zero attached hydrogens (tertiary/aromatic N) is 2. The highest BCUT2D eigenvalue weighted by Crippen LogP contribution is 2.29. The molecule has 2 aromatic heterocycles. The van der Waals surface area contributed by atoms with Crippen molar-refractivity contribution in [3.8, 4) is 5.75 Å². The van der Waals surface area contributed by atoms with Gasteiger partial charge in [-0.05, 0) is 23.6 Å². The molecule has 3 aromatic rings. The van der Waals surface area contributed by atoms with Gasteiger partial charge in [-0.1, -0.05) is 17.7 Å². The fraction of sp³-hybridized carbons (Fsp3) is 0.143. The highest BCUT2D eigenvalue weighted by molar-refractivity contribution is 7.16. The largest absolute Gasteiger partial charge is 0.481 e. The van der Waals surface area contributed by atoms with E-state index in [1.165, 1.54) is 23.5 Å². The lowest BCUT2D eigenvalue weighted by molar-refractivity contribution is 0.282. The fourth-order valence-electron chi connectivity index (χ4n) is 1.91. The van der Waals surface area contributed by atoms with Crippen molar-refractivity contribution in [2.75, 3.05) is 12.4 Å². The minimum absolute atomic E-state index is 0.0139. The molecule has 0 unspecified atom stereocenters. The summed E-state index contributed by atoms with van der Waals surface area (Å²) in [6, 6.07) is 6.34. The predicted molar refractivity (Wildman–Crippen MR) is 82.7 cm³/mol. The number of nitrogens with one attached hydrogen (secondary N) is 1. The number of benzene rings is 1. The van der Waals surface area contributed by atoms with E-state index >= 15 is 0 Å². The molecule has 0 amide bonds. The maximum absolute atomic E-state index is 13.6. The molecule has 21 heavy (non-hydrogen) atoms. The van der Waals surface area contributed by atoms with E-state index in [9.17, 15) is 4.39 Å². The van der Waals surface area contributed by atoms with E-state index in [2.05, 4.69) is 15.3 Å². The standard InChI is InChI=1S/C14H11ClFN3OS/c1-17-13-8-5-6-21-14(8)19-11(18-13)7-20-12-9(15)3-2-4-10(12)16/h2-6H,7H2,1H3,(H,17,18,19). The Morgan fingerprint density at radius 3 is 2.95 bits per heavy atom. The van der Waals surface area contributed by atoms with Crippen LogP contribution in [-0.2, 0) is 6.61 Å². The lowest BCUT2D eigenvalue weighted by Gasteiger charge is -2.09. The number of para-hydroxylation sites is 1. The van der Waals surface area contributed by atoms with E-state index in [1.807, 2.05) is 11.4 Å². The first-order valence-corrected chi connectivity index (χ1v) is 7.43. The molecule has 4 nitrogen and oxygen atoms in total. The summed E-state index contributed by atoms with van der Waals surface area (Å²) < 4.78 is 19.1. The summed E-state index contributed by atoms with van der Waals surface area (Å²) in [6.07, 6.45) is 0. The molecule has 0 fully saturated rings. The first-order valence-electron chi connectivity index (χ1n) is 6.17. The van der Waals surface area contributed by atoms with Gasteiger partial charge in [0.1, 0.15) is 17.3 Å². The smallest absolute Gasteiger partial charge is 0.174 e. The SMILES string of the molecule is CNc1nc(COc2c(F)cccc2Cl)nc2sccc12. The van der Waals surface area contributed by atoms with Crippen LogP contribution in [0.25, 0.3) is 10.2 Å². The number of fused-ring (bicyclic) bond motifs is 1. The van der Waals surface area contributed by atoms with Gasteiger partial charge in [0.2, 0.25) is 0 Å². The molecule has 0 aliphatic rings. The van der Waals surface area contributed by atoms with Crippen LogP contribution in [0.2, 0.25) is 5.02 Å². The summed E-state index contributed by atoms with van der Waals surface area (Å²) in [5.74, 6) is 0.696. The molecule has 7 heteroatoms. The highest BCUT2D eigenvalue weighted by atomic mass is 35.5. The van der Waals surface area contributed by atoms with Crippen molar-refractivity contribution in [1.29, 1.82) is 0 Å². The van der Waals surface area contributed by atoms with Gasteiger partial charge in [0, 0.05) is 7.05 Å². The number of hydrogen-bond donors (Lipinski definition) is 1. The predicted octanol–water partition coefficient (Wildman–Crippen LogP) is 4.10. The summed E-state index contributed by atoms with van der Waals surface area (Å²) in [5, 5.41) is 6.14. The number of rotatable bonds is 4. The molecule has 0 bridgehead atoms. The molecule has 0 saturated heterocycles. The van der Waals surface area contributed by atoms with E-state index in [-0.39, 0.29) is 17.4 Å². The van der Waals surface area contributed by atoms with E-state index in [0.717, 1.165) is 16.0 Å². The summed E-state index contributed by atoms with van der Waals surface area (Å²) in [4.78, 5) is 9.61. The Hall–Kier alpha value is -1.92. The second-order valence-electron chi connectivity index (χ2n) is 4.22. The molecule has 1 N–H and O–H groups in total. The Morgan fingerprint density at radius 1 is 1.33 bits per heavy atom. The van der Waals surface area contributed by atoms with Crippen molar-refractivity contribution in [2.45, 2.75) is 6.61 Å². The molecule has 0 aliphatic carbocycles. The third kappa shape index (κ3) is 2.77. The zero-order chi connectivity index (χ0) is 14.8.